The molecule has 1 aromatic heterocycles. The molecule has 1 heterocycles. The minimum Gasteiger partial charge on any atom is -0.497 e. The molecule has 1 aromatic carbocycles. The second kappa shape index (κ2) is 6.26. The van der Waals surface area contributed by atoms with Crippen LogP contribution in [0.25, 0.3) is 0 Å². The Morgan fingerprint density at radius 1 is 1.16 bits per heavy atom. The number of methoxy groups -OCH3 is 2. The number of benzene rings is 1. The van der Waals surface area contributed by atoms with Gasteiger partial charge in [-0.15, -0.1) is 11.3 Å². The predicted molar refractivity (Wildman–Crippen MR) is 83.3 cm³/mol. The van der Waals surface area contributed by atoms with Crippen molar-refractivity contribution in [2.45, 2.75) is 6.10 Å². The molecule has 0 aliphatic heterocycles. The molecule has 0 radical (unpaired) electrons. The maximum Gasteiger partial charge on any atom is 0.128 e. The Labute approximate surface area is 132 Å². The molecule has 0 aliphatic carbocycles. The quantitative estimate of drug-likeness (QED) is 0.817. The van der Waals surface area contributed by atoms with Crippen molar-refractivity contribution in [1.82, 2.24) is 0 Å². The van der Waals surface area contributed by atoms with Gasteiger partial charge in [-0.1, -0.05) is 0 Å². The van der Waals surface area contributed by atoms with E-state index in [1.54, 1.807) is 26.4 Å². The van der Waals surface area contributed by atoms with Crippen LogP contribution in [0.5, 0.6) is 11.5 Å². The summed E-state index contributed by atoms with van der Waals surface area (Å²) in [6.45, 7) is 0. The van der Waals surface area contributed by atoms with Crippen LogP contribution >= 0.6 is 43.2 Å². The highest BCUT2D eigenvalue weighted by atomic mass is 79.9. The number of ether oxygens (including phenoxy) is 2. The summed E-state index contributed by atoms with van der Waals surface area (Å²) in [6.07, 6.45) is -0.728. The molecule has 1 N–H and O–H groups in total. The standard InChI is InChI=1S/C13H12Br2O3S/c1-17-7-3-4-8(10(5-7)18-2)12(16)11-6-9(14)13(15)19-11/h3-6,12,16H,1-2H3. The first-order chi connectivity index (χ1) is 9.06. The molecular formula is C13H12Br2O3S. The van der Waals surface area contributed by atoms with E-state index in [4.69, 9.17) is 9.47 Å². The molecule has 0 saturated heterocycles. The minimum atomic E-state index is -0.728. The summed E-state index contributed by atoms with van der Waals surface area (Å²) in [7, 11) is 3.17. The molecule has 3 nitrogen and oxygen atoms in total. The Morgan fingerprint density at radius 3 is 2.42 bits per heavy atom. The number of halogens is 2. The van der Waals surface area contributed by atoms with Crippen LogP contribution < -0.4 is 9.47 Å². The molecule has 0 aliphatic rings. The van der Waals surface area contributed by atoms with Gasteiger partial charge in [0.2, 0.25) is 0 Å². The zero-order valence-corrected chi connectivity index (χ0v) is 14.3. The summed E-state index contributed by atoms with van der Waals surface area (Å²) < 4.78 is 12.3. The Balaban J connectivity index is 2.40. The SMILES string of the molecule is COc1ccc(C(O)c2cc(Br)c(Br)s2)c(OC)c1. The van der Waals surface area contributed by atoms with Crippen LogP contribution in [0, 0.1) is 0 Å². The van der Waals surface area contributed by atoms with Crippen LogP contribution in [0.1, 0.15) is 16.5 Å². The van der Waals surface area contributed by atoms with Gasteiger partial charge >= 0.3 is 0 Å². The summed E-state index contributed by atoms with van der Waals surface area (Å²) >= 11 is 8.32. The molecule has 19 heavy (non-hydrogen) atoms. The van der Waals surface area contributed by atoms with Crippen LogP contribution in [0.2, 0.25) is 0 Å². The Hall–Kier alpha value is -0.560. The zero-order valence-electron chi connectivity index (χ0n) is 10.3. The first kappa shape index (κ1) is 14.8. The number of aliphatic hydroxyl groups is 1. The Morgan fingerprint density at radius 2 is 1.89 bits per heavy atom. The van der Waals surface area contributed by atoms with E-state index in [1.807, 2.05) is 12.1 Å². The lowest BCUT2D eigenvalue weighted by Crippen LogP contribution is -2.01. The van der Waals surface area contributed by atoms with Crippen molar-refractivity contribution in [3.8, 4) is 11.5 Å². The topological polar surface area (TPSA) is 38.7 Å². The molecule has 0 saturated carbocycles. The van der Waals surface area contributed by atoms with Gasteiger partial charge in [0.1, 0.15) is 17.6 Å². The van der Waals surface area contributed by atoms with E-state index in [0.29, 0.717) is 17.1 Å². The van der Waals surface area contributed by atoms with Crippen LogP contribution in [-0.2, 0) is 0 Å². The number of hydrogen-bond acceptors (Lipinski definition) is 4. The molecule has 0 amide bonds. The highest BCUT2D eigenvalue weighted by Gasteiger charge is 2.19. The molecule has 1 atom stereocenters. The fraction of sp³-hybridized carbons (Fsp3) is 0.231. The van der Waals surface area contributed by atoms with E-state index in [0.717, 1.165) is 13.1 Å². The minimum absolute atomic E-state index is 0.604. The van der Waals surface area contributed by atoms with Gasteiger partial charge < -0.3 is 14.6 Å². The Kier molecular flexibility index (Phi) is 4.89. The number of aliphatic hydroxyl groups excluding tert-OH is 1. The molecule has 0 bridgehead atoms. The molecule has 2 rings (SSSR count). The van der Waals surface area contributed by atoms with Crippen molar-refractivity contribution in [3.05, 3.63) is 43.0 Å². The van der Waals surface area contributed by atoms with Gasteiger partial charge in [0.15, 0.2) is 0 Å². The van der Waals surface area contributed by atoms with E-state index in [-0.39, 0.29) is 0 Å². The fourth-order valence-electron chi connectivity index (χ4n) is 1.70. The summed E-state index contributed by atoms with van der Waals surface area (Å²) in [5.41, 5.74) is 0.713. The monoisotopic (exact) mass is 406 g/mol. The first-order valence-corrected chi connectivity index (χ1v) is 7.81. The largest absolute Gasteiger partial charge is 0.497 e. The van der Waals surface area contributed by atoms with E-state index in [2.05, 4.69) is 31.9 Å². The summed E-state index contributed by atoms with van der Waals surface area (Å²) in [6, 6.07) is 7.27. The fourth-order valence-corrected chi connectivity index (χ4v) is 3.79. The zero-order chi connectivity index (χ0) is 14.0. The van der Waals surface area contributed by atoms with E-state index in [1.165, 1.54) is 11.3 Å². The van der Waals surface area contributed by atoms with Gasteiger partial charge in [-0.25, -0.2) is 0 Å². The molecular weight excluding hydrogens is 396 g/mol. The van der Waals surface area contributed by atoms with E-state index >= 15 is 0 Å². The smallest absolute Gasteiger partial charge is 0.128 e. The summed E-state index contributed by atoms with van der Waals surface area (Å²) in [4.78, 5) is 0.835. The second-order valence-corrected chi connectivity index (χ2v) is 7.04. The van der Waals surface area contributed by atoms with E-state index in [9.17, 15) is 5.11 Å². The normalized spacial score (nSPS) is 12.3. The Bertz CT molecular complexity index is 564. The average Bonchev–Trinajstić information content (AvgIpc) is 2.77. The van der Waals surface area contributed by atoms with Gasteiger partial charge in [-0.3, -0.25) is 0 Å². The van der Waals surface area contributed by atoms with Crippen LogP contribution in [0.15, 0.2) is 32.5 Å². The maximum absolute atomic E-state index is 10.5. The number of thiophene rings is 1. The molecule has 6 heteroatoms. The van der Waals surface area contributed by atoms with Crippen molar-refractivity contribution in [3.63, 3.8) is 0 Å². The van der Waals surface area contributed by atoms with Crippen molar-refractivity contribution in [2.24, 2.45) is 0 Å². The highest BCUT2D eigenvalue weighted by Crippen LogP contribution is 2.40. The first-order valence-electron chi connectivity index (χ1n) is 5.41. The van der Waals surface area contributed by atoms with Gasteiger partial charge in [0, 0.05) is 21.0 Å². The molecule has 0 fully saturated rings. The van der Waals surface area contributed by atoms with Crippen LogP contribution in [-0.4, -0.2) is 19.3 Å². The van der Waals surface area contributed by atoms with Crippen LogP contribution in [0.3, 0.4) is 0 Å². The third kappa shape index (κ3) is 3.13. The second-order valence-electron chi connectivity index (χ2n) is 3.78. The van der Waals surface area contributed by atoms with Gasteiger partial charge in [-0.2, -0.15) is 0 Å². The lowest BCUT2D eigenvalue weighted by molar-refractivity contribution is 0.218. The average molecular weight is 408 g/mol. The highest BCUT2D eigenvalue weighted by molar-refractivity contribution is 9.13. The van der Waals surface area contributed by atoms with Gasteiger partial charge in [0.05, 0.1) is 18.0 Å². The lowest BCUT2D eigenvalue weighted by atomic mass is 10.1. The summed E-state index contributed by atoms with van der Waals surface area (Å²) in [5.74, 6) is 1.30. The molecule has 1 unspecified atom stereocenters. The maximum atomic E-state index is 10.5. The number of rotatable bonds is 4. The molecule has 102 valence electrons. The molecule has 2 aromatic rings. The molecule has 0 spiro atoms. The third-order valence-electron chi connectivity index (χ3n) is 2.67. The van der Waals surface area contributed by atoms with Crippen molar-refractivity contribution in [1.29, 1.82) is 0 Å². The lowest BCUT2D eigenvalue weighted by Gasteiger charge is -2.14. The van der Waals surface area contributed by atoms with Crippen LogP contribution in [0.4, 0.5) is 0 Å². The van der Waals surface area contributed by atoms with Gasteiger partial charge in [0.25, 0.3) is 0 Å². The predicted octanol–water partition coefficient (Wildman–Crippen LogP) is 4.37. The third-order valence-corrected chi connectivity index (χ3v) is 5.98. The number of hydrogen-bond donors (Lipinski definition) is 1. The van der Waals surface area contributed by atoms with Crippen molar-refractivity contribution >= 4 is 43.2 Å². The van der Waals surface area contributed by atoms with Crippen molar-refractivity contribution < 1.29 is 14.6 Å². The van der Waals surface area contributed by atoms with Crippen molar-refractivity contribution in [2.75, 3.05) is 14.2 Å². The van der Waals surface area contributed by atoms with Gasteiger partial charge in [-0.05, 0) is 50.1 Å². The summed E-state index contributed by atoms with van der Waals surface area (Å²) in [5, 5.41) is 10.5. The van der Waals surface area contributed by atoms with E-state index < -0.39 is 6.10 Å².